The van der Waals surface area contributed by atoms with Crippen molar-refractivity contribution >= 4 is 17.2 Å². The molecule has 0 aliphatic heterocycles. The third kappa shape index (κ3) is 2.82. The minimum Gasteiger partial charge on any atom is -0.392 e. The van der Waals surface area contributed by atoms with Gasteiger partial charge in [-0.05, 0) is 18.4 Å². The van der Waals surface area contributed by atoms with E-state index in [0.29, 0.717) is 11.4 Å². The van der Waals surface area contributed by atoms with E-state index in [2.05, 4.69) is 0 Å². The monoisotopic (exact) mass is 199 g/mol. The summed E-state index contributed by atoms with van der Waals surface area (Å²) >= 11 is 1.41. The third-order valence-electron chi connectivity index (χ3n) is 1.62. The number of likely N-dealkylation sites (N-methyl/N-ethyl adjacent to an activating group) is 1. The summed E-state index contributed by atoms with van der Waals surface area (Å²) in [5, 5.41) is 10.9. The summed E-state index contributed by atoms with van der Waals surface area (Å²) in [4.78, 5) is 13.8. The van der Waals surface area contributed by atoms with E-state index in [-0.39, 0.29) is 5.91 Å². The van der Waals surface area contributed by atoms with Crippen LogP contribution in [0.5, 0.6) is 0 Å². The topological polar surface area (TPSA) is 40.5 Å². The summed E-state index contributed by atoms with van der Waals surface area (Å²) in [6.45, 7) is 2.04. The quantitative estimate of drug-likeness (QED) is 0.794. The van der Waals surface area contributed by atoms with Crippen LogP contribution in [0.4, 0.5) is 0 Å². The molecule has 1 heterocycles. The molecule has 0 saturated heterocycles. The highest BCUT2D eigenvalue weighted by Gasteiger charge is 2.13. The van der Waals surface area contributed by atoms with Crippen molar-refractivity contribution in [3.8, 4) is 0 Å². The number of carbonyl (C=O) groups is 1. The van der Waals surface area contributed by atoms with E-state index in [1.54, 1.807) is 20.0 Å². The van der Waals surface area contributed by atoms with Crippen molar-refractivity contribution < 1.29 is 9.90 Å². The molecule has 3 nitrogen and oxygen atoms in total. The second kappa shape index (κ2) is 4.39. The first-order chi connectivity index (χ1) is 6.11. The van der Waals surface area contributed by atoms with E-state index in [4.69, 9.17) is 5.11 Å². The van der Waals surface area contributed by atoms with E-state index in [0.717, 1.165) is 0 Å². The zero-order valence-corrected chi connectivity index (χ0v) is 8.54. The summed E-state index contributed by atoms with van der Waals surface area (Å²) in [5.74, 6) is -0.0316. The third-order valence-corrected chi connectivity index (χ3v) is 2.47. The lowest BCUT2D eigenvalue weighted by Crippen LogP contribution is -2.32. The van der Waals surface area contributed by atoms with Gasteiger partial charge < -0.3 is 10.0 Å². The molecule has 1 amide bonds. The van der Waals surface area contributed by atoms with Crippen LogP contribution in [0.15, 0.2) is 17.5 Å². The average molecular weight is 199 g/mol. The Labute approximate surface area is 81.6 Å². The highest BCUT2D eigenvalue weighted by Crippen LogP contribution is 2.10. The first-order valence-corrected chi connectivity index (χ1v) is 4.96. The number of carbonyl (C=O) groups excluding carboxylic acids is 1. The Morgan fingerprint density at radius 2 is 2.46 bits per heavy atom. The van der Waals surface area contributed by atoms with E-state index < -0.39 is 6.10 Å². The van der Waals surface area contributed by atoms with E-state index >= 15 is 0 Å². The predicted octanol–water partition coefficient (Wildman–Crippen LogP) is 1.20. The number of amides is 1. The molecule has 0 radical (unpaired) electrons. The van der Waals surface area contributed by atoms with Crippen molar-refractivity contribution in [1.82, 2.24) is 4.90 Å². The number of thiophene rings is 1. The molecule has 1 N–H and O–H groups in total. The minimum absolute atomic E-state index is 0.0316. The van der Waals surface area contributed by atoms with Crippen LogP contribution in [0.3, 0.4) is 0 Å². The van der Waals surface area contributed by atoms with Crippen LogP contribution in [0.25, 0.3) is 0 Å². The smallest absolute Gasteiger partial charge is 0.263 e. The van der Waals surface area contributed by atoms with Gasteiger partial charge in [0.25, 0.3) is 5.91 Å². The van der Waals surface area contributed by atoms with Gasteiger partial charge in [-0.1, -0.05) is 6.07 Å². The van der Waals surface area contributed by atoms with Gasteiger partial charge in [-0.15, -0.1) is 11.3 Å². The fraction of sp³-hybridized carbons (Fsp3) is 0.444. The number of aliphatic hydroxyl groups excluding tert-OH is 1. The van der Waals surface area contributed by atoms with Gasteiger partial charge in [0.2, 0.25) is 0 Å². The lowest BCUT2D eigenvalue weighted by molar-refractivity contribution is 0.0708. The Kier molecular flexibility index (Phi) is 3.45. The second-order valence-electron chi connectivity index (χ2n) is 3.01. The first kappa shape index (κ1) is 10.2. The molecule has 1 aromatic heterocycles. The normalized spacial score (nSPS) is 12.5. The van der Waals surface area contributed by atoms with E-state index in [1.165, 1.54) is 16.2 Å². The van der Waals surface area contributed by atoms with Crippen molar-refractivity contribution in [2.45, 2.75) is 13.0 Å². The molecule has 0 fully saturated rings. The van der Waals surface area contributed by atoms with Gasteiger partial charge in [-0.3, -0.25) is 4.79 Å². The lowest BCUT2D eigenvalue weighted by atomic mass is 10.3. The van der Waals surface area contributed by atoms with Crippen molar-refractivity contribution in [1.29, 1.82) is 0 Å². The molecule has 72 valence electrons. The standard InChI is InChI=1S/C9H13NO2S/c1-7(11)6-10(2)9(12)8-4-3-5-13-8/h3-5,7,11H,6H2,1-2H3. The number of hydrogen-bond acceptors (Lipinski definition) is 3. The Bertz CT molecular complexity index is 269. The van der Waals surface area contributed by atoms with E-state index in [9.17, 15) is 4.79 Å². The zero-order chi connectivity index (χ0) is 9.84. The molecular formula is C9H13NO2S. The van der Waals surface area contributed by atoms with Crippen LogP contribution in [-0.2, 0) is 0 Å². The SMILES string of the molecule is CC(O)CN(C)C(=O)c1cccs1. The maximum atomic E-state index is 11.6. The van der Waals surface area contributed by atoms with Crippen LogP contribution >= 0.6 is 11.3 Å². The van der Waals surface area contributed by atoms with Crippen molar-refractivity contribution in [2.24, 2.45) is 0 Å². The average Bonchev–Trinajstić information content (AvgIpc) is 2.53. The number of hydrogen-bond donors (Lipinski definition) is 1. The van der Waals surface area contributed by atoms with Gasteiger partial charge in [0.05, 0.1) is 11.0 Å². The van der Waals surface area contributed by atoms with Crippen LogP contribution in [0.1, 0.15) is 16.6 Å². The fourth-order valence-electron chi connectivity index (χ4n) is 1.07. The molecule has 1 aromatic rings. The van der Waals surface area contributed by atoms with Crippen LogP contribution in [0, 0.1) is 0 Å². The van der Waals surface area contributed by atoms with Crippen molar-refractivity contribution in [2.75, 3.05) is 13.6 Å². The summed E-state index contributed by atoms with van der Waals surface area (Å²) in [6, 6.07) is 3.62. The van der Waals surface area contributed by atoms with Crippen LogP contribution in [0.2, 0.25) is 0 Å². The highest BCUT2D eigenvalue weighted by molar-refractivity contribution is 7.12. The van der Waals surface area contributed by atoms with E-state index in [1.807, 2.05) is 11.4 Å². The van der Waals surface area contributed by atoms with Crippen molar-refractivity contribution in [3.05, 3.63) is 22.4 Å². The number of aliphatic hydroxyl groups is 1. The Hall–Kier alpha value is -0.870. The largest absolute Gasteiger partial charge is 0.392 e. The molecule has 0 aliphatic rings. The van der Waals surface area contributed by atoms with Gasteiger partial charge in [-0.2, -0.15) is 0 Å². The summed E-state index contributed by atoms with van der Waals surface area (Å²) in [6.07, 6.45) is -0.478. The van der Waals surface area contributed by atoms with Gasteiger partial charge in [0.1, 0.15) is 0 Å². The predicted molar refractivity (Wildman–Crippen MR) is 53.0 cm³/mol. The first-order valence-electron chi connectivity index (χ1n) is 4.08. The summed E-state index contributed by atoms with van der Waals surface area (Å²) in [7, 11) is 1.69. The lowest BCUT2D eigenvalue weighted by Gasteiger charge is -2.17. The molecule has 4 heteroatoms. The number of rotatable bonds is 3. The molecule has 13 heavy (non-hydrogen) atoms. The molecule has 0 bridgehead atoms. The van der Waals surface area contributed by atoms with Crippen LogP contribution in [-0.4, -0.2) is 35.6 Å². The second-order valence-corrected chi connectivity index (χ2v) is 3.96. The molecule has 1 unspecified atom stereocenters. The minimum atomic E-state index is -0.478. The van der Waals surface area contributed by atoms with Gasteiger partial charge >= 0.3 is 0 Å². The maximum absolute atomic E-state index is 11.6. The Balaban J connectivity index is 2.58. The van der Waals surface area contributed by atoms with Gasteiger partial charge in [0.15, 0.2) is 0 Å². The fourth-order valence-corrected chi connectivity index (χ4v) is 1.79. The molecule has 1 rings (SSSR count). The molecular weight excluding hydrogens is 186 g/mol. The summed E-state index contributed by atoms with van der Waals surface area (Å²) in [5.41, 5.74) is 0. The molecule has 1 atom stereocenters. The van der Waals surface area contributed by atoms with Gasteiger partial charge in [0, 0.05) is 13.6 Å². The zero-order valence-electron chi connectivity index (χ0n) is 7.73. The highest BCUT2D eigenvalue weighted by atomic mass is 32.1. The molecule has 0 aromatic carbocycles. The van der Waals surface area contributed by atoms with Gasteiger partial charge in [-0.25, -0.2) is 0 Å². The van der Waals surface area contributed by atoms with Crippen molar-refractivity contribution in [3.63, 3.8) is 0 Å². The van der Waals surface area contributed by atoms with Crippen LogP contribution < -0.4 is 0 Å². The number of nitrogens with zero attached hydrogens (tertiary/aromatic N) is 1. The summed E-state index contributed by atoms with van der Waals surface area (Å²) < 4.78 is 0. The molecule has 0 saturated carbocycles. The Morgan fingerprint density at radius 1 is 1.77 bits per heavy atom. The Morgan fingerprint density at radius 3 is 2.92 bits per heavy atom. The maximum Gasteiger partial charge on any atom is 0.263 e. The molecule has 0 aliphatic carbocycles. The molecule has 0 spiro atoms.